The highest BCUT2D eigenvalue weighted by Crippen LogP contribution is 2.20. The van der Waals surface area contributed by atoms with Crippen molar-refractivity contribution in [2.24, 2.45) is 0 Å². The zero-order valence-corrected chi connectivity index (χ0v) is 15.6. The van der Waals surface area contributed by atoms with Crippen molar-refractivity contribution in [3.8, 4) is 5.75 Å². The molecule has 0 atom stereocenters. The Morgan fingerprint density at radius 1 is 1.30 bits per heavy atom. The largest absolute Gasteiger partial charge is 0.494 e. The Hall–Kier alpha value is -2.80. The third-order valence-electron chi connectivity index (χ3n) is 4.24. The molecule has 0 bridgehead atoms. The number of carbonyl (C=O) groups is 1. The number of ether oxygens (including phenoxy) is 1. The van der Waals surface area contributed by atoms with Crippen molar-refractivity contribution in [1.29, 1.82) is 0 Å². The van der Waals surface area contributed by atoms with E-state index in [9.17, 15) is 14.0 Å². The van der Waals surface area contributed by atoms with Gasteiger partial charge in [0.2, 0.25) is 5.91 Å². The van der Waals surface area contributed by atoms with E-state index in [1.807, 2.05) is 0 Å². The summed E-state index contributed by atoms with van der Waals surface area (Å²) < 4.78 is 25.2. The summed E-state index contributed by atoms with van der Waals surface area (Å²) in [6.45, 7) is 0.421. The number of hydrogen-bond acceptors (Lipinski definition) is 4. The first kappa shape index (κ1) is 19.0. The molecule has 0 spiro atoms. The van der Waals surface area contributed by atoms with Crippen molar-refractivity contribution in [1.82, 2.24) is 9.47 Å². The van der Waals surface area contributed by atoms with Gasteiger partial charge in [0, 0.05) is 37.6 Å². The van der Waals surface area contributed by atoms with Gasteiger partial charge >= 0.3 is 5.76 Å². The van der Waals surface area contributed by atoms with Crippen LogP contribution in [0.15, 0.2) is 45.6 Å². The van der Waals surface area contributed by atoms with Gasteiger partial charge in [0.15, 0.2) is 17.1 Å². The molecule has 6 nitrogen and oxygen atoms in total. The summed E-state index contributed by atoms with van der Waals surface area (Å²) in [5, 5.41) is 0.464. The summed E-state index contributed by atoms with van der Waals surface area (Å²) in [7, 11) is 3.02. The molecule has 0 aliphatic carbocycles. The van der Waals surface area contributed by atoms with Crippen molar-refractivity contribution in [3.05, 3.63) is 63.4 Å². The minimum Gasteiger partial charge on any atom is -0.494 e. The molecule has 1 heterocycles. The van der Waals surface area contributed by atoms with Crippen molar-refractivity contribution in [2.45, 2.75) is 19.5 Å². The van der Waals surface area contributed by atoms with Gasteiger partial charge in [0.1, 0.15) is 0 Å². The smallest absolute Gasteiger partial charge is 0.419 e. The minimum absolute atomic E-state index is 0.103. The lowest BCUT2D eigenvalue weighted by Gasteiger charge is -2.17. The fourth-order valence-corrected chi connectivity index (χ4v) is 2.98. The van der Waals surface area contributed by atoms with Crippen molar-refractivity contribution in [2.75, 3.05) is 14.2 Å². The predicted octanol–water partition coefficient (Wildman–Crippen LogP) is 3.44. The number of rotatable bonds is 6. The minimum atomic E-state index is -0.542. The summed E-state index contributed by atoms with van der Waals surface area (Å²) >= 11 is 5.89. The van der Waals surface area contributed by atoms with Crippen LogP contribution in [0.1, 0.15) is 12.0 Å². The summed E-state index contributed by atoms with van der Waals surface area (Å²) in [6, 6.07) is 9.44. The van der Waals surface area contributed by atoms with E-state index in [0.29, 0.717) is 21.7 Å². The Morgan fingerprint density at radius 3 is 2.78 bits per heavy atom. The summed E-state index contributed by atoms with van der Waals surface area (Å²) in [4.78, 5) is 25.9. The Labute approximate surface area is 159 Å². The molecule has 1 aromatic heterocycles. The SMILES string of the molecule is COc1ccc(CN(C)C(=O)CCn2c(=O)oc3cc(Cl)ccc32)cc1F. The number of benzene rings is 2. The molecule has 0 radical (unpaired) electrons. The van der Waals surface area contributed by atoms with Crippen molar-refractivity contribution < 1.29 is 18.3 Å². The Bertz CT molecular complexity index is 1040. The van der Waals surface area contributed by atoms with Gasteiger partial charge in [0.05, 0.1) is 12.6 Å². The molecule has 0 unspecified atom stereocenters. The van der Waals surface area contributed by atoms with E-state index in [1.165, 1.54) is 28.7 Å². The number of aromatic nitrogens is 1. The van der Waals surface area contributed by atoms with Gasteiger partial charge < -0.3 is 14.1 Å². The summed E-state index contributed by atoms with van der Waals surface area (Å²) in [5.41, 5.74) is 1.60. The molecule has 8 heteroatoms. The Kier molecular flexibility index (Phi) is 5.51. The van der Waals surface area contributed by atoms with Gasteiger partial charge in [-0.3, -0.25) is 9.36 Å². The lowest BCUT2D eigenvalue weighted by atomic mass is 10.2. The number of aryl methyl sites for hydroxylation is 1. The van der Waals surface area contributed by atoms with Crippen molar-refractivity contribution >= 4 is 28.6 Å². The number of oxazole rings is 1. The number of nitrogens with zero attached hydrogens (tertiary/aromatic N) is 2. The monoisotopic (exact) mass is 392 g/mol. The van der Waals surface area contributed by atoms with E-state index in [-0.39, 0.29) is 31.2 Å². The second-order valence-corrected chi connectivity index (χ2v) is 6.54. The number of methoxy groups -OCH3 is 1. The van der Waals surface area contributed by atoms with E-state index < -0.39 is 11.6 Å². The number of hydrogen-bond donors (Lipinski definition) is 0. The van der Waals surface area contributed by atoms with Crippen LogP contribution >= 0.6 is 11.6 Å². The number of amides is 1. The molecular formula is C19H18ClFN2O4. The molecule has 27 heavy (non-hydrogen) atoms. The molecular weight excluding hydrogens is 375 g/mol. The summed E-state index contributed by atoms with van der Waals surface area (Å²) in [5.74, 6) is -1.05. The highest BCUT2D eigenvalue weighted by atomic mass is 35.5. The topological polar surface area (TPSA) is 64.7 Å². The molecule has 142 valence electrons. The maximum absolute atomic E-state index is 13.8. The molecule has 2 aromatic carbocycles. The fourth-order valence-electron chi connectivity index (χ4n) is 2.82. The number of halogens is 2. The zero-order valence-electron chi connectivity index (χ0n) is 14.9. The van der Waals surface area contributed by atoms with Gasteiger partial charge in [-0.25, -0.2) is 9.18 Å². The van der Waals surface area contributed by atoms with Crippen LogP contribution in [0.5, 0.6) is 5.75 Å². The van der Waals surface area contributed by atoms with E-state index in [4.69, 9.17) is 20.8 Å². The molecule has 0 aliphatic rings. The highest BCUT2D eigenvalue weighted by Gasteiger charge is 2.14. The first-order valence-electron chi connectivity index (χ1n) is 8.24. The van der Waals surface area contributed by atoms with Gasteiger partial charge in [-0.2, -0.15) is 0 Å². The molecule has 0 fully saturated rings. The van der Waals surface area contributed by atoms with Crippen LogP contribution in [0, 0.1) is 5.82 Å². The maximum Gasteiger partial charge on any atom is 0.419 e. The van der Waals surface area contributed by atoms with Crippen LogP contribution in [0.4, 0.5) is 4.39 Å². The predicted molar refractivity (Wildman–Crippen MR) is 99.5 cm³/mol. The molecule has 3 rings (SSSR count). The van der Waals surface area contributed by atoms with E-state index >= 15 is 0 Å². The number of carbonyl (C=O) groups excluding carboxylic acids is 1. The molecule has 0 aliphatic heterocycles. The third-order valence-corrected chi connectivity index (χ3v) is 4.48. The first-order valence-corrected chi connectivity index (χ1v) is 8.62. The molecule has 0 saturated heterocycles. The van der Waals surface area contributed by atoms with E-state index in [1.54, 1.807) is 31.3 Å². The fraction of sp³-hybridized carbons (Fsp3) is 0.263. The number of fused-ring (bicyclic) bond motifs is 1. The van der Waals surface area contributed by atoms with Gasteiger partial charge in [-0.05, 0) is 29.8 Å². The van der Waals surface area contributed by atoms with Gasteiger partial charge in [-0.15, -0.1) is 0 Å². The van der Waals surface area contributed by atoms with E-state index in [0.717, 1.165) is 0 Å². The van der Waals surface area contributed by atoms with Crippen LogP contribution in [-0.2, 0) is 17.9 Å². The summed E-state index contributed by atoms with van der Waals surface area (Å²) in [6.07, 6.45) is 0.103. The quantitative estimate of drug-likeness (QED) is 0.644. The van der Waals surface area contributed by atoms with Crippen LogP contribution in [0.25, 0.3) is 11.1 Å². The zero-order chi connectivity index (χ0) is 19.6. The second kappa shape index (κ2) is 7.84. The molecule has 1 amide bonds. The normalized spacial score (nSPS) is 11.0. The average Bonchev–Trinajstić information content (AvgIpc) is 2.93. The van der Waals surface area contributed by atoms with E-state index in [2.05, 4.69) is 0 Å². The second-order valence-electron chi connectivity index (χ2n) is 6.10. The molecule has 3 aromatic rings. The third kappa shape index (κ3) is 4.14. The van der Waals surface area contributed by atoms with Crippen LogP contribution < -0.4 is 10.5 Å². The van der Waals surface area contributed by atoms with Crippen LogP contribution in [-0.4, -0.2) is 29.5 Å². The Balaban J connectivity index is 1.66. The van der Waals surface area contributed by atoms with Crippen LogP contribution in [0.3, 0.4) is 0 Å². The average molecular weight is 393 g/mol. The Morgan fingerprint density at radius 2 is 2.07 bits per heavy atom. The standard InChI is InChI=1S/C19H18ClFN2O4/c1-22(11-12-3-6-16(26-2)14(21)9-12)18(24)7-8-23-15-5-4-13(20)10-17(15)27-19(23)25/h3-6,9-10H,7-8,11H2,1-2H3. The van der Waals surface area contributed by atoms with Gasteiger partial charge in [0.25, 0.3) is 0 Å². The first-order chi connectivity index (χ1) is 12.9. The van der Waals surface area contributed by atoms with Crippen LogP contribution in [0.2, 0.25) is 5.02 Å². The maximum atomic E-state index is 13.8. The lowest BCUT2D eigenvalue weighted by Crippen LogP contribution is -2.28. The highest BCUT2D eigenvalue weighted by molar-refractivity contribution is 6.31. The molecule has 0 saturated carbocycles. The van der Waals surface area contributed by atoms with Crippen molar-refractivity contribution in [3.63, 3.8) is 0 Å². The lowest BCUT2D eigenvalue weighted by molar-refractivity contribution is -0.130. The molecule has 0 N–H and O–H groups in total. The van der Waals surface area contributed by atoms with Gasteiger partial charge in [-0.1, -0.05) is 17.7 Å².